The standard InChI is InChI=1S/C26H26O3/c1-3-6-20-14-18(10-12-24(20)27)16-22-8-5-9-23(26(22)29)17-19-11-13-25(28)21(15-19)7-4-2/h3-4,10-17,27-28H,1-2,5-9H2/b22-16+,23-17+. The molecular formula is C26H26O3. The Bertz CT molecular complexity index is 929. The number of aromatic hydroxyl groups is 2. The third kappa shape index (κ3) is 4.94. The zero-order valence-corrected chi connectivity index (χ0v) is 16.5. The summed E-state index contributed by atoms with van der Waals surface area (Å²) in [5, 5.41) is 19.9. The van der Waals surface area contributed by atoms with E-state index < -0.39 is 0 Å². The van der Waals surface area contributed by atoms with Gasteiger partial charge in [0.15, 0.2) is 5.78 Å². The van der Waals surface area contributed by atoms with Gasteiger partial charge in [-0.3, -0.25) is 4.79 Å². The number of allylic oxidation sites excluding steroid dienone is 4. The molecule has 0 unspecified atom stereocenters. The van der Waals surface area contributed by atoms with Crippen molar-refractivity contribution in [2.75, 3.05) is 0 Å². The Hall–Kier alpha value is -3.33. The second kappa shape index (κ2) is 9.24. The van der Waals surface area contributed by atoms with Gasteiger partial charge >= 0.3 is 0 Å². The van der Waals surface area contributed by atoms with Crippen molar-refractivity contribution in [1.29, 1.82) is 0 Å². The minimum Gasteiger partial charge on any atom is -0.508 e. The molecule has 0 aromatic heterocycles. The molecule has 1 fully saturated rings. The number of hydrogen-bond donors (Lipinski definition) is 2. The highest BCUT2D eigenvalue weighted by atomic mass is 16.3. The molecule has 3 heteroatoms. The highest BCUT2D eigenvalue weighted by molar-refractivity contribution is 6.14. The van der Waals surface area contributed by atoms with Crippen molar-refractivity contribution < 1.29 is 15.0 Å². The second-order valence-corrected chi connectivity index (χ2v) is 7.28. The zero-order valence-electron chi connectivity index (χ0n) is 16.5. The molecule has 0 atom stereocenters. The van der Waals surface area contributed by atoms with E-state index in [4.69, 9.17) is 0 Å². The number of ketones is 1. The number of benzene rings is 2. The van der Waals surface area contributed by atoms with Crippen molar-refractivity contribution in [2.45, 2.75) is 32.1 Å². The van der Waals surface area contributed by atoms with Crippen molar-refractivity contribution in [2.24, 2.45) is 0 Å². The number of Topliss-reactive ketones (excluding diaryl/α,β-unsaturated/α-hetero) is 1. The molecule has 0 bridgehead atoms. The van der Waals surface area contributed by atoms with Gasteiger partial charge in [0.25, 0.3) is 0 Å². The van der Waals surface area contributed by atoms with Crippen molar-refractivity contribution >= 4 is 17.9 Å². The number of phenolic OH excluding ortho intramolecular Hbond substituents is 2. The molecular weight excluding hydrogens is 360 g/mol. The van der Waals surface area contributed by atoms with Gasteiger partial charge in [-0.15, -0.1) is 13.2 Å². The SMILES string of the molecule is C=CCc1cc(/C=C2\CCC/C(=C\c3ccc(O)c(CC=C)c3)C2=O)ccc1O. The Morgan fingerprint density at radius 2 is 1.24 bits per heavy atom. The van der Waals surface area contributed by atoms with Crippen molar-refractivity contribution in [1.82, 2.24) is 0 Å². The van der Waals surface area contributed by atoms with E-state index in [1.165, 1.54) is 0 Å². The molecule has 0 radical (unpaired) electrons. The lowest BCUT2D eigenvalue weighted by Gasteiger charge is -2.17. The quantitative estimate of drug-likeness (QED) is 0.489. The van der Waals surface area contributed by atoms with Gasteiger partial charge in [-0.2, -0.15) is 0 Å². The number of hydrogen-bond acceptors (Lipinski definition) is 3. The molecule has 2 aromatic rings. The molecule has 2 N–H and O–H groups in total. The Morgan fingerprint density at radius 3 is 1.66 bits per heavy atom. The lowest BCUT2D eigenvalue weighted by Crippen LogP contribution is -2.12. The number of carbonyl (C=O) groups is 1. The maximum atomic E-state index is 13.0. The maximum absolute atomic E-state index is 13.0. The Balaban J connectivity index is 1.89. The van der Waals surface area contributed by atoms with E-state index in [1.807, 2.05) is 36.4 Å². The molecule has 0 amide bonds. The van der Waals surface area contributed by atoms with Crippen LogP contribution in [0.2, 0.25) is 0 Å². The maximum Gasteiger partial charge on any atom is 0.185 e. The van der Waals surface area contributed by atoms with Crippen molar-refractivity contribution in [3.8, 4) is 11.5 Å². The molecule has 3 rings (SSSR count). The predicted octanol–water partition coefficient (Wildman–Crippen LogP) is 5.77. The number of rotatable bonds is 6. The molecule has 1 aliphatic carbocycles. The van der Waals surface area contributed by atoms with Gasteiger partial charge in [-0.05, 0) is 90.8 Å². The molecule has 0 spiro atoms. The molecule has 0 aliphatic heterocycles. The highest BCUT2D eigenvalue weighted by Crippen LogP contribution is 2.30. The first-order valence-electron chi connectivity index (χ1n) is 9.83. The van der Waals surface area contributed by atoms with Crippen LogP contribution in [0, 0.1) is 0 Å². The first-order valence-corrected chi connectivity index (χ1v) is 9.83. The molecule has 29 heavy (non-hydrogen) atoms. The summed E-state index contributed by atoms with van der Waals surface area (Å²) in [6.07, 6.45) is 10.9. The number of phenols is 2. The van der Waals surface area contributed by atoms with Gasteiger partial charge in [0.2, 0.25) is 0 Å². The van der Waals surface area contributed by atoms with Gasteiger partial charge < -0.3 is 10.2 Å². The average molecular weight is 386 g/mol. The van der Waals surface area contributed by atoms with E-state index in [0.717, 1.165) is 52.7 Å². The highest BCUT2D eigenvalue weighted by Gasteiger charge is 2.20. The summed E-state index contributed by atoms with van der Waals surface area (Å²) < 4.78 is 0. The smallest absolute Gasteiger partial charge is 0.185 e. The summed E-state index contributed by atoms with van der Waals surface area (Å²) >= 11 is 0. The van der Waals surface area contributed by atoms with Crippen LogP contribution in [0.25, 0.3) is 12.2 Å². The molecule has 2 aromatic carbocycles. The van der Waals surface area contributed by atoms with Gasteiger partial charge in [0.05, 0.1) is 0 Å². The topological polar surface area (TPSA) is 57.5 Å². The van der Waals surface area contributed by atoms with Crippen LogP contribution in [0.3, 0.4) is 0 Å². The molecule has 0 heterocycles. The van der Waals surface area contributed by atoms with Gasteiger partial charge in [0.1, 0.15) is 11.5 Å². The van der Waals surface area contributed by atoms with Crippen LogP contribution in [0.5, 0.6) is 11.5 Å². The first kappa shape index (κ1) is 20.4. The van der Waals surface area contributed by atoms with Crippen molar-refractivity contribution in [3.05, 3.63) is 95.1 Å². The van der Waals surface area contributed by atoms with E-state index in [2.05, 4.69) is 13.2 Å². The first-order chi connectivity index (χ1) is 14.0. The summed E-state index contributed by atoms with van der Waals surface area (Å²) in [6.45, 7) is 7.44. The summed E-state index contributed by atoms with van der Waals surface area (Å²) in [5.74, 6) is 0.545. The minimum absolute atomic E-state index is 0.0629. The van der Waals surface area contributed by atoms with Crippen LogP contribution in [0.15, 0.2) is 72.9 Å². The predicted molar refractivity (Wildman–Crippen MR) is 119 cm³/mol. The third-order valence-corrected chi connectivity index (χ3v) is 5.09. The number of carbonyl (C=O) groups excluding carboxylic acids is 1. The Morgan fingerprint density at radius 1 is 0.793 bits per heavy atom. The molecule has 1 saturated carbocycles. The van der Waals surface area contributed by atoms with Crippen LogP contribution in [-0.2, 0) is 17.6 Å². The average Bonchev–Trinajstić information content (AvgIpc) is 2.70. The molecule has 0 saturated heterocycles. The van der Waals surface area contributed by atoms with E-state index >= 15 is 0 Å². The largest absolute Gasteiger partial charge is 0.508 e. The van der Waals surface area contributed by atoms with E-state index in [0.29, 0.717) is 12.8 Å². The zero-order chi connectivity index (χ0) is 20.8. The van der Waals surface area contributed by atoms with Crippen LogP contribution in [0.4, 0.5) is 0 Å². The lowest BCUT2D eigenvalue weighted by atomic mass is 9.86. The Kier molecular flexibility index (Phi) is 6.50. The Labute approximate surface area is 172 Å². The summed E-state index contributed by atoms with van der Waals surface area (Å²) in [5.41, 5.74) is 4.97. The molecule has 3 nitrogen and oxygen atoms in total. The van der Waals surface area contributed by atoms with Crippen LogP contribution < -0.4 is 0 Å². The summed E-state index contributed by atoms with van der Waals surface area (Å²) in [4.78, 5) is 13.0. The van der Waals surface area contributed by atoms with E-state index in [1.54, 1.807) is 24.3 Å². The lowest BCUT2D eigenvalue weighted by molar-refractivity contribution is -0.112. The van der Waals surface area contributed by atoms with Crippen LogP contribution >= 0.6 is 0 Å². The van der Waals surface area contributed by atoms with Gasteiger partial charge in [-0.25, -0.2) is 0 Å². The van der Waals surface area contributed by atoms with E-state index in [-0.39, 0.29) is 17.3 Å². The van der Waals surface area contributed by atoms with E-state index in [9.17, 15) is 15.0 Å². The van der Waals surface area contributed by atoms with Gasteiger partial charge in [-0.1, -0.05) is 24.3 Å². The van der Waals surface area contributed by atoms with Crippen LogP contribution in [-0.4, -0.2) is 16.0 Å². The third-order valence-electron chi connectivity index (χ3n) is 5.09. The van der Waals surface area contributed by atoms with Gasteiger partial charge in [0, 0.05) is 11.1 Å². The fourth-order valence-corrected chi connectivity index (χ4v) is 3.61. The monoisotopic (exact) mass is 386 g/mol. The summed E-state index contributed by atoms with van der Waals surface area (Å²) in [6, 6.07) is 10.8. The fraction of sp³-hybridized carbons (Fsp3) is 0.192. The van der Waals surface area contributed by atoms with Crippen LogP contribution in [0.1, 0.15) is 41.5 Å². The molecule has 1 aliphatic rings. The fourth-order valence-electron chi connectivity index (χ4n) is 3.61. The second-order valence-electron chi connectivity index (χ2n) is 7.28. The minimum atomic E-state index is 0.0629. The van der Waals surface area contributed by atoms with Crippen molar-refractivity contribution in [3.63, 3.8) is 0 Å². The molecule has 148 valence electrons. The summed E-state index contributed by atoms with van der Waals surface area (Å²) in [7, 11) is 0. The normalized spacial score (nSPS) is 16.9.